The Morgan fingerprint density at radius 2 is 1.84 bits per heavy atom. The Bertz CT molecular complexity index is 397. The molecule has 19 heavy (non-hydrogen) atoms. The summed E-state index contributed by atoms with van der Waals surface area (Å²) in [6.45, 7) is 2.04. The number of hydrogen-bond donors (Lipinski definition) is 1. The highest BCUT2D eigenvalue weighted by Gasteiger charge is 2.13. The van der Waals surface area contributed by atoms with Crippen LogP contribution in [0.5, 0.6) is 0 Å². The fourth-order valence-electron chi connectivity index (χ4n) is 2.75. The maximum atomic E-state index is 10.5. The largest absolute Gasteiger partial charge is 0.316 e. The van der Waals surface area contributed by atoms with E-state index in [0.29, 0.717) is 0 Å². The second kappa shape index (κ2) is 7.24. The van der Waals surface area contributed by atoms with Gasteiger partial charge in [0.05, 0.1) is 4.92 Å². The Balaban J connectivity index is 1.61. The Morgan fingerprint density at radius 3 is 2.47 bits per heavy atom. The first kappa shape index (κ1) is 14.0. The number of nitro groups is 1. The van der Waals surface area contributed by atoms with Gasteiger partial charge in [-0.15, -0.1) is 0 Å². The normalized spacial score (nSPS) is 15.8. The molecule has 0 aliphatic heterocycles. The number of nitro benzene ring substituents is 1. The predicted molar refractivity (Wildman–Crippen MR) is 76.2 cm³/mol. The van der Waals surface area contributed by atoms with Crippen molar-refractivity contribution in [1.82, 2.24) is 5.32 Å². The van der Waals surface area contributed by atoms with Crippen LogP contribution in [0.3, 0.4) is 0 Å². The van der Waals surface area contributed by atoms with Gasteiger partial charge in [0.25, 0.3) is 5.69 Å². The molecule has 1 aliphatic rings. The minimum Gasteiger partial charge on any atom is -0.316 e. The molecule has 2 rings (SSSR count). The number of rotatable bonds is 7. The molecule has 104 valence electrons. The van der Waals surface area contributed by atoms with Gasteiger partial charge < -0.3 is 5.32 Å². The molecule has 0 radical (unpaired) electrons. The average molecular weight is 262 g/mol. The first-order chi connectivity index (χ1) is 9.25. The summed E-state index contributed by atoms with van der Waals surface area (Å²) in [5.41, 5.74) is 1.32. The molecule has 1 aromatic carbocycles. The van der Waals surface area contributed by atoms with Crippen LogP contribution in [-0.2, 0) is 6.42 Å². The third kappa shape index (κ3) is 4.63. The van der Waals surface area contributed by atoms with Crippen LogP contribution in [-0.4, -0.2) is 18.0 Å². The van der Waals surface area contributed by atoms with Crippen molar-refractivity contribution in [3.63, 3.8) is 0 Å². The van der Waals surface area contributed by atoms with E-state index in [1.807, 2.05) is 12.1 Å². The summed E-state index contributed by atoms with van der Waals surface area (Å²) in [5.74, 6) is 0.937. The van der Waals surface area contributed by atoms with E-state index in [-0.39, 0.29) is 10.6 Å². The third-order valence-electron chi connectivity index (χ3n) is 3.94. The average Bonchev–Trinajstić information content (AvgIpc) is 2.92. The van der Waals surface area contributed by atoms with Gasteiger partial charge in [0.2, 0.25) is 0 Å². The molecule has 0 amide bonds. The van der Waals surface area contributed by atoms with Crippen molar-refractivity contribution in [2.45, 2.75) is 38.5 Å². The molecule has 0 spiro atoms. The second-order valence-electron chi connectivity index (χ2n) is 5.36. The van der Waals surface area contributed by atoms with E-state index in [4.69, 9.17) is 0 Å². The fourth-order valence-corrected chi connectivity index (χ4v) is 2.75. The topological polar surface area (TPSA) is 55.2 Å². The van der Waals surface area contributed by atoms with E-state index in [9.17, 15) is 10.1 Å². The number of hydrogen-bond acceptors (Lipinski definition) is 3. The minimum absolute atomic E-state index is 0.165. The molecule has 1 aliphatic carbocycles. The van der Waals surface area contributed by atoms with Gasteiger partial charge in [-0.1, -0.05) is 37.8 Å². The standard InChI is InChI=1S/C15H22N2O2/c18-17(19)15-7-5-14(6-8-15)10-12-16-11-9-13-3-1-2-4-13/h5-8,13,16H,1-4,9-12H2. The van der Waals surface area contributed by atoms with Crippen LogP contribution in [0.1, 0.15) is 37.7 Å². The van der Waals surface area contributed by atoms with Gasteiger partial charge >= 0.3 is 0 Å². The van der Waals surface area contributed by atoms with E-state index >= 15 is 0 Å². The third-order valence-corrected chi connectivity index (χ3v) is 3.94. The summed E-state index contributed by atoms with van der Waals surface area (Å²) in [6, 6.07) is 6.84. The highest BCUT2D eigenvalue weighted by molar-refractivity contribution is 5.32. The molecule has 1 aromatic rings. The summed E-state index contributed by atoms with van der Waals surface area (Å²) in [4.78, 5) is 10.2. The van der Waals surface area contributed by atoms with Crippen molar-refractivity contribution in [2.24, 2.45) is 5.92 Å². The molecule has 4 heteroatoms. The van der Waals surface area contributed by atoms with E-state index in [1.54, 1.807) is 12.1 Å². The first-order valence-corrected chi connectivity index (χ1v) is 7.20. The molecule has 1 saturated carbocycles. The van der Waals surface area contributed by atoms with Crippen molar-refractivity contribution in [2.75, 3.05) is 13.1 Å². The monoisotopic (exact) mass is 262 g/mol. The van der Waals surface area contributed by atoms with Gasteiger partial charge in [-0.2, -0.15) is 0 Å². The Hall–Kier alpha value is -1.42. The first-order valence-electron chi connectivity index (χ1n) is 7.20. The lowest BCUT2D eigenvalue weighted by atomic mass is 10.0. The Kier molecular flexibility index (Phi) is 5.33. The summed E-state index contributed by atoms with van der Waals surface area (Å²) in [6.07, 6.45) is 7.86. The minimum atomic E-state index is -0.358. The quantitative estimate of drug-likeness (QED) is 0.466. The van der Waals surface area contributed by atoms with Crippen molar-refractivity contribution in [3.8, 4) is 0 Å². The van der Waals surface area contributed by atoms with Gasteiger partial charge in [0.15, 0.2) is 0 Å². The van der Waals surface area contributed by atoms with Crippen molar-refractivity contribution in [1.29, 1.82) is 0 Å². The zero-order valence-corrected chi connectivity index (χ0v) is 11.3. The molecule has 0 bridgehead atoms. The van der Waals surface area contributed by atoms with Gasteiger partial charge in [-0.25, -0.2) is 0 Å². The van der Waals surface area contributed by atoms with E-state index in [2.05, 4.69) is 5.32 Å². The van der Waals surface area contributed by atoms with Gasteiger partial charge in [-0.3, -0.25) is 10.1 Å². The Labute approximate surface area is 114 Å². The molecule has 0 atom stereocenters. The molecular weight excluding hydrogens is 240 g/mol. The van der Waals surface area contributed by atoms with E-state index in [1.165, 1.54) is 32.1 Å². The van der Waals surface area contributed by atoms with Crippen LogP contribution in [0.2, 0.25) is 0 Å². The van der Waals surface area contributed by atoms with Crippen LogP contribution >= 0.6 is 0 Å². The fraction of sp³-hybridized carbons (Fsp3) is 0.600. The summed E-state index contributed by atoms with van der Waals surface area (Å²) in [7, 11) is 0. The number of benzene rings is 1. The van der Waals surface area contributed by atoms with Crippen molar-refractivity contribution >= 4 is 5.69 Å². The van der Waals surface area contributed by atoms with Crippen LogP contribution in [0.4, 0.5) is 5.69 Å². The predicted octanol–water partition coefficient (Wildman–Crippen LogP) is 3.31. The molecule has 0 saturated heterocycles. The molecule has 1 fully saturated rings. The Morgan fingerprint density at radius 1 is 1.16 bits per heavy atom. The molecule has 1 N–H and O–H groups in total. The zero-order valence-electron chi connectivity index (χ0n) is 11.3. The molecule has 0 heterocycles. The summed E-state index contributed by atoms with van der Waals surface area (Å²) >= 11 is 0. The number of nitrogens with one attached hydrogen (secondary N) is 1. The highest BCUT2D eigenvalue weighted by Crippen LogP contribution is 2.26. The highest BCUT2D eigenvalue weighted by atomic mass is 16.6. The molecule has 4 nitrogen and oxygen atoms in total. The number of non-ortho nitro benzene ring substituents is 1. The van der Waals surface area contributed by atoms with Crippen LogP contribution in [0.15, 0.2) is 24.3 Å². The lowest BCUT2D eigenvalue weighted by molar-refractivity contribution is -0.384. The van der Waals surface area contributed by atoms with Gasteiger partial charge in [0, 0.05) is 12.1 Å². The van der Waals surface area contributed by atoms with Crippen molar-refractivity contribution in [3.05, 3.63) is 39.9 Å². The van der Waals surface area contributed by atoms with E-state index < -0.39 is 0 Å². The molecule has 0 unspecified atom stereocenters. The van der Waals surface area contributed by atoms with Crippen LogP contribution < -0.4 is 5.32 Å². The maximum Gasteiger partial charge on any atom is 0.269 e. The molecule has 0 aromatic heterocycles. The van der Waals surface area contributed by atoms with E-state index in [0.717, 1.165) is 31.0 Å². The lowest BCUT2D eigenvalue weighted by Crippen LogP contribution is -2.20. The second-order valence-corrected chi connectivity index (χ2v) is 5.36. The SMILES string of the molecule is O=[N+]([O-])c1ccc(CCNCCC2CCCC2)cc1. The van der Waals surface area contributed by atoms with Crippen LogP contribution in [0, 0.1) is 16.0 Å². The number of nitrogens with zero attached hydrogens (tertiary/aromatic N) is 1. The summed E-state index contributed by atoms with van der Waals surface area (Å²) < 4.78 is 0. The molecular formula is C15H22N2O2. The van der Waals surface area contributed by atoms with Crippen molar-refractivity contribution < 1.29 is 4.92 Å². The smallest absolute Gasteiger partial charge is 0.269 e. The van der Waals surface area contributed by atoms with Gasteiger partial charge in [0.1, 0.15) is 0 Å². The van der Waals surface area contributed by atoms with Gasteiger partial charge in [-0.05, 0) is 37.4 Å². The summed E-state index contributed by atoms with van der Waals surface area (Å²) in [5, 5.41) is 14.0. The van der Waals surface area contributed by atoms with Crippen LogP contribution in [0.25, 0.3) is 0 Å². The zero-order chi connectivity index (χ0) is 13.5. The maximum absolute atomic E-state index is 10.5. The lowest BCUT2D eigenvalue weighted by Gasteiger charge is -2.09.